The first-order valence-electron chi connectivity index (χ1n) is 9.28. The summed E-state index contributed by atoms with van der Waals surface area (Å²) < 4.78 is 0. The minimum atomic E-state index is 0.243. The largest absolute Gasteiger partial charge is 0.352 e. The Bertz CT molecular complexity index is 349. The average molecular weight is 308 g/mol. The second-order valence-electron chi connectivity index (χ2n) is 7.22. The van der Waals surface area contributed by atoms with E-state index in [4.69, 9.17) is 0 Å². The SMILES string of the molecule is O=C(CN1CCC(N2CCNCC2)C1)NC1CCCCCC1. The van der Waals surface area contributed by atoms with Crippen LogP contribution in [0.1, 0.15) is 44.9 Å². The van der Waals surface area contributed by atoms with Crippen LogP contribution in [0.4, 0.5) is 0 Å². The maximum Gasteiger partial charge on any atom is 0.234 e. The summed E-state index contributed by atoms with van der Waals surface area (Å²) in [6.07, 6.45) is 8.80. The van der Waals surface area contributed by atoms with Gasteiger partial charge in [-0.15, -0.1) is 0 Å². The Balaban J connectivity index is 1.38. The Morgan fingerprint density at radius 2 is 1.73 bits per heavy atom. The van der Waals surface area contributed by atoms with Crippen LogP contribution < -0.4 is 10.6 Å². The average Bonchev–Trinajstić information content (AvgIpc) is 2.84. The zero-order chi connectivity index (χ0) is 15.2. The van der Waals surface area contributed by atoms with E-state index in [1.54, 1.807) is 0 Å². The fourth-order valence-corrected chi connectivity index (χ4v) is 4.20. The van der Waals surface area contributed by atoms with E-state index in [0.717, 1.165) is 39.3 Å². The van der Waals surface area contributed by atoms with E-state index < -0.39 is 0 Å². The zero-order valence-electron chi connectivity index (χ0n) is 13.9. The van der Waals surface area contributed by atoms with Gasteiger partial charge in [0.2, 0.25) is 5.91 Å². The third-order valence-electron chi connectivity index (χ3n) is 5.50. The molecule has 3 aliphatic rings. The molecule has 3 rings (SSSR count). The van der Waals surface area contributed by atoms with E-state index in [1.807, 2.05) is 0 Å². The van der Waals surface area contributed by atoms with Crippen molar-refractivity contribution in [2.24, 2.45) is 0 Å². The smallest absolute Gasteiger partial charge is 0.234 e. The first kappa shape index (κ1) is 16.2. The van der Waals surface area contributed by atoms with E-state index in [9.17, 15) is 4.79 Å². The van der Waals surface area contributed by atoms with Gasteiger partial charge in [0.15, 0.2) is 0 Å². The third kappa shape index (κ3) is 4.67. The number of rotatable bonds is 4. The quantitative estimate of drug-likeness (QED) is 0.755. The molecule has 2 N–H and O–H groups in total. The molecule has 5 heteroatoms. The molecule has 0 aromatic heterocycles. The molecule has 126 valence electrons. The van der Waals surface area contributed by atoms with Crippen LogP contribution in [0, 0.1) is 0 Å². The number of carbonyl (C=O) groups is 1. The molecular formula is C17H32N4O. The Morgan fingerprint density at radius 3 is 2.45 bits per heavy atom. The van der Waals surface area contributed by atoms with Crippen LogP contribution in [-0.2, 0) is 4.79 Å². The molecule has 0 aromatic carbocycles. The minimum Gasteiger partial charge on any atom is -0.352 e. The van der Waals surface area contributed by atoms with E-state index in [0.29, 0.717) is 18.6 Å². The fraction of sp³-hybridized carbons (Fsp3) is 0.941. The number of nitrogens with one attached hydrogen (secondary N) is 2. The van der Waals surface area contributed by atoms with Gasteiger partial charge >= 0.3 is 0 Å². The van der Waals surface area contributed by atoms with Crippen LogP contribution in [0.25, 0.3) is 0 Å². The lowest BCUT2D eigenvalue weighted by atomic mass is 10.1. The fourth-order valence-electron chi connectivity index (χ4n) is 4.20. The van der Waals surface area contributed by atoms with Gasteiger partial charge in [0.1, 0.15) is 0 Å². The molecule has 22 heavy (non-hydrogen) atoms. The monoisotopic (exact) mass is 308 g/mol. The summed E-state index contributed by atoms with van der Waals surface area (Å²) in [4.78, 5) is 17.2. The summed E-state index contributed by atoms with van der Waals surface area (Å²) in [5.41, 5.74) is 0. The van der Waals surface area contributed by atoms with Crippen LogP contribution in [0.15, 0.2) is 0 Å². The normalized spacial score (nSPS) is 29.4. The topological polar surface area (TPSA) is 47.6 Å². The standard InChI is InChI=1S/C17H32N4O/c22-17(19-15-5-3-1-2-4-6-15)14-20-10-7-16(13-20)21-11-8-18-9-12-21/h15-16,18H,1-14H2,(H,19,22). The molecule has 0 aromatic rings. The predicted octanol–water partition coefficient (Wildman–Crippen LogP) is 0.805. The van der Waals surface area contributed by atoms with Crippen molar-refractivity contribution in [3.63, 3.8) is 0 Å². The lowest BCUT2D eigenvalue weighted by Gasteiger charge is -2.32. The summed E-state index contributed by atoms with van der Waals surface area (Å²) in [7, 11) is 0. The molecule has 0 bridgehead atoms. The van der Waals surface area contributed by atoms with Gasteiger partial charge in [-0.25, -0.2) is 0 Å². The molecule has 1 unspecified atom stereocenters. The van der Waals surface area contributed by atoms with Gasteiger partial charge < -0.3 is 10.6 Å². The maximum atomic E-state index is 12.3. The molecule has 2 heterocycles. The van der Waals surface area contributed by atoms with Crippen molar-refractivity contribution >= 4 is 5.91 Å². The van der Waals surface area contributed by atoms with Gasteiger partial charge in [-0.05, 0) is 19.3 Å². The van der Waals surface area contributed by atoms with Crippen LogP contribution in [0.3, 0.4) is 0 Å². The van der Waals surface area contributed by atoms with E-state index in [-0.39, 0.29) is 5.91 Å². The molecule has 5 nitrogen and oxygen atoms in total. The van der Waals surface area contributed by atoms with E-state index >= 15 is 0 Å². The molecule has 0 radical (unpaired) electrons. The first-order valence-corrected chi connectivity index (χ1v) is 9.28. The number of carbonyl (C=O) groups excluding carboxylic acids is 1. The Labute approximate surface area is 134 Å². The van der Waals surface area contributed by atoms with Gasteiger partial charge in [-0.2, -0.15) is 0 Å². The van der Waals surface area contributed by atoms with Gasteiger partial charge in [0.05, 0.1) is 6.54 Å². The van der Waals surface area contributed by atoms with Crippen LogP contribution >= 0.6 is 0 Å². The Hall–Kier alpha value is -0.650. The highest BCUT2D eigenvalue weighted by Gasteiger charge is 2.29. The Kier molecular flexibility index (Phi) is 6.10. The van der Waals surface area contributed by atoms with Gasteiger partial charge in [-0.1, -0.05) is 25.7 Å². The van der Waals surface area contributed by atoms with Gasteiger partial charge in [0, 0.05) is 51.4 Å². The van der Waals surface area contributed by atoms with Crippen molar-refractivity contribution in [2.45, 2.75) is 57.0 Å². The molecule has 1 aliphatic carbocycles. The molecule has 1 atom stereocenters. The highest BCUT2D eigenvalue weighted by Crippen LogP contribution is 2.18. The maximum absolute atomic E-state index is 12.3. The molecular weight excluding hydrogens is 276 g/mol. The van der Waals surface area contributed by atoms with Crippen molar-refractivity contribution in [2.75, 3.05) is 45.8 Å². The van der Waals surface area contributed by atoms with Crippen molar-refractivity contribution in [1.29, 1.82) is 0 Å². The van der Waals surface area contributed by atoms with E-state index in [2.05, 4.69) is 20.4 Å². The molecule has 2 aliphatic heterocycles. The molecule has 1 saturated carbocycles. The van der Waals surface area contributed by atoms with Gasteiger partial charge in [0.25, 0.3) is 0 Å². The highest BCUT2D eigenvalue weighted by molar-refractivity contribution is 5.78. The third-order valence-corrected chi connectivity index (χ3v) is 5.50. The van der Waals surface area contributed by atoms with E-state index in [1.165, 1.54) is 44.9 Å². The molecule has 0 spiro atoms. The summed E-state index contributed by atoms with van der Waals surface area (Å²) in [5.74, 6) is 0.243. The second kappa shape index (κ2) is 8.27. The van der Waals surface area contributed by atoms with Crippen molar-refractivity contribution < 1.29 is 4.79 Å². The lowest BCUT2D eigenvalue weighted by molar-refractivity contribution is -0.122. The van der Waals surface area contributed by atoms with Crippen molar-refractivity contribution in [1.82, 2.24) is 20.4 Å². The number of nitrogens with zero attached hydrogens (tertiary/aromatic N) is 2. The lowest BCUT2D eigenvalue weighted by Crippen LogP contribution is -2.49. The zero-order valence-corrected chi connectivity index (χ0v) is 13.9. The Morgan fingerprint density at radius 1 is 1.00 bits per heavy atom. The first-order chi connectivity index (χ1) is 10.8. The molecule has 3 fully saturated rings. The number of piperazine rings is 1. The van der Waals surface area contributed by atoms with Crippen molar-refractivity contribution in [3.8, 4) is 0 Å². The van der Waals surface area contributed by atoms with Crippen molar-refractivity contribution in [3.05, 3.63) is 0 Å². The number of hydrogen-bond donors (Lipinski definition) is 2. The van der Waals surface area contributed by atoms with Crippen LogP contribution in [0.5, 0.6) is 0 Å². The molecule has 2 saturated heterocycles. The number of hydrogen-bond acceptors (Lipinski definition) is 4. The molecule has 1 amide bonds. The van der Waals surface area contributed by atoms with Gasteiger partial charge in [-0.3, -0.25) is 14.6 Å². The summed E-state index contributed by atoms with van der Waals surface area (Å²) >= 11 is 0. The van der Waals surface area contributed by atoms with Crippen LogP contribution in [0.2, 0.25) is 0 Å². The minimum absolute atomic E-state index is 0.243. The predicted molar refractivity (Wildman–Crippen MR) is 88.9 cm³/mol. The summed E-state index contributed by atoms with van der Waals surface area (Å²) in [6, 6.07) is 1.09. The summed E-state index contributed by atoms with van der Waals surface area (Å²) in [5, 5.41) is 6.69. The number of likely N-dealkylation sites (tertiary alicyclic amines) is 1. The van der Waals surface area contributed by atoms with Crippen LogP contribution in [-0.4, -0.2) is 73.6 Å². The second-order valence-corrected chi connectivity index (χ2v) is 7.22. The summed E-state index contributed by atoms with van der Waals surface area (Å²) in [6.45, 7) is 7.28. The highest BCUT2D eigenvalue weighted by atomic mass is 16.2. The number of amides is 1.